The quantitative estimate of drug-likeness (QED) is 0.454. The molecule has 6 heteroatoms. The summed E-state index contributed by atoms with van der Waals surface area (Å²) in [5.74, 6) is -0.743. The van der Waals surface area contributed by atoms with Crippen LogP contribution in [-0.2, 0) is 9.53 Å². The Balaban J connectivity index is 2.67. The molecule has 140 valence electrons. The summed E-state index contributed by atoms with van der Waals surface area (Å²) in [4.78, 5) is 32.6. The first kappa shape index (κ1) is 21.1. The lowest BCUT2D eigenvalue weighted by Gasteiger charge is -2.26. The van der Waals surface area contributed by atoms with Gasteiger partial charge in [-0.1, -0.05) is 20.8 Å². The molecule has 25 heavy (non-hydrogen) atoms. The van der Waals surface area contributed by atoms with Crippen molar-refractivity contribution in [1.82, 2.24) is 14.8 Å². The van der Waals surface area contributed by atoms with Gasteiger partial charge in [-0.15, -0.1) is 0 Å². The van der Waals surface area contributed by atoms with Crippen LogP contribution in [0.15, 0.2) is 24.5 Å². The van der Waals surface area contributed by atoms with E-state index in [4.69, 9.17) is 4.74 Å². The van der Waals surface area contributed by atoms with Gasteiger partial charge in [-0.2, -0.15) is 0 Å². The highest BCUT2D eigenvalue weighted by molar-refractivity contribution is 5.94. The lowest BCUT2D eigenvalue weighted by molar-refractivity contribution is -0.145. The average Bonchev–Trinajstić information content (AvgIpc) is 2.66. The summed E-state index contributed by atoms with van der Waals surface area (Å²) in [5, 5.41) is 0. The van der Waals surface area contributed by atoms with E-state index in [1.54, 1.807) is 36.4 Å². The SMILES string of the molecule is CCN(CC)CCCCN(CC(C)C(=O)OC)C(=O)c1cccnc1. The first-order valence-electron chi connectivity index (χ1n) is 9.02. The van der Waals surface area contributed by atoms with E-state index in [0.717, 1.165) is 32.5 Å². The van der Waals surface area contributed by atoms with Gasteiger partial charge in [-0.05, 0) is 44.6 Å². The third-order valence-corrected chi connectivity index (χ3v) is 4.34. The second-order valence-electron chi connectivity index (χ2n) is 6.15. The number of methoxy groups -OCH3 is 1. The van der Waals surface area contributed by atoms with Crippen molar-refractivity contribution in [3.05, 3.63) is 30.1 Å². The van der Waals surface area contributed by atoms with Gasteiger partial charge in [0.2, 0.25) is 0 Å². The van der Waals surface area contributed by atoms with Crippen LogP contribution < -0.4 is 0 Å². The maximum absolute atomic E-state index is 12.8. The number of hydrogen-bond donors (Lipinski definition) is 0. The van der Waals surface area contributed by atoms with E-state index in [0.29, 0.717) is 18.7 Å². The summed E-state index contributed by atoms with van der Waals surface area (Å²) in [5.41, 5.74) is 0.545. The first-order chi connectivity index (χ1) is 12.0. The van der Waals surface area contributed by atoms with Gasteiger partial charge in [0.25, 0.3) is 5.91 Å². The predicted molar refractivity (Wildman–Crippen MR) is 98.3 cm³/mol. The lowest BCUT2D eigenvalue weighted by atomic mass is 10.1. The molecule has 1 aromatic heterocycles. The molecule has 0 aliphatic rings. The molecule has 0 saturated heterocycles. The molecule has 1 atom stereocenters. The highest BCUT2D eigenvalue weighted by Crippen LogP contribution is 2.10. The Morgan fingerprint density at radius 3 is 2.44 bits per heavy atom. The maximum Gasteiger partial charge on any atom is 0.310 e. The van der Waals surface area contributed by atoms with Crippen molar-refractivity contribution >= 4 is 11.9 Å². The second kappa shape index (κ2) is 11.6. The number of hydrogen-bond acceptors (Lipinski definition) is 5. The summed E-state index contributed by atoms with van der Waals surface area (Å²) >= 11 is 0. The summed E-state index contributed by atoms with van der Waals surface area (Å²) in [6, 6.07) is 3.50. The fraction of sp³-hybridized carbons (Fsp3) is 0.632. The molecule has 6 nitrogen and oxygen atoms in total. The normalized spacial score (nSPS) is 12.0. The van der Waals surface area contributed by atoms with E-state index >= 15 is 0 Å². The zero-order valence-corrected chi connectivity index (χ0v) is 15.9. The zero-order chi connectivity index (χ0) is 18.7. The van der Waals surface area contributed by atoms with Crippen LogP contribution in [0.1, 0.15) is 44.0 Å². The minimum atomic E-state index is -0.353. The van der Waals surface area contributed by atoms with Crippen molar-refractivity contribution in [1.29, 1.82) is 0 Å². The molecule has 0 aliphatic heterocycles. The van der Waals surface area contributed by atoms with Gasteiger partial charge in [0.05, 0.1) is 18.6 Å². The number of carbonyl (C=O) groups is 2. The Labute approximate surface area is 151 Å². The van der Waals surface area contributed by atoms with Crippen molar-refractivity contribution in [3.63, 3.8) is 0 Å². The van der Waals surface area contributed by atoms with E-state index < -0.39 is 0 Å². The number of aromatic nitrogens is 1. The fourth-order valence-corrected chi connectivity index (χ4v) is 2.73. The van der Waals surface area contributed by atoms with Crippen LogP contribution in [0.2, 0.25) is 0 Å². The van der Waals surface area contributed by atoms with Crippen LogP contribution in [0.3, 0.4) is 0 Å². The smallest absolute Gasteiger partial charge is 0.310 e. The molecule has 1 heterocycles. The molecule has 0 N–H and O–H groups in total. The topological polar surface area (TPSA) is 62.7 Å². The molecule has 1 aromatic rings. The number of esters is 1. The molecule has 1 amide bonds. The predicted octanol–water partition coefficient (Wildman–Crippen LogP) is 2.45. The van der Waals surface area contributed by atoms with Crippen molar-refractivity contribution in [2.24, 2.45) is 5.92 Å². The molecule has 0 aliphatic carbocycles. The molecule has 0 fully saturated rings. The van der Waals surface area contributed by atoms with E-state index in [1.165, 1.54) is 7.11 Å². The largest absolute Gasteiger partial charge is 0.469 e. The number of amides is 1. The number of carbonyl (C=O) groups excluding carboxylic acids is 2. The standard InChI is InChI=1S/C19H31N3O3/c1-5-21(6-2)12-7-8-13-22(15-16(3)19(24)25-4)18(23)17-10-9-11-20-14-17/h9-11,14,16H,5-8,12-13,15H2,1-4H3. The first-order valence-corrected chi connectivity index (χ1v) is 9.02. The third-order valence-electron chi connectivity index (χ3n) is 4.34. The minimum Gasteiger partial charge on any atom is -0.469 e. The molecular formula is C19H31N3O3. The number of pyridine rings is 1. The van der Waals surface area contributed by atoms with Gasteiger partial charge in [-0.25, -0.2) is 0 Å². The van der Waals surface area contributed by atoms with Crippen LogP contribution in [-0.4, -0.2) is 66.5 Å². The van der Waals surface area contributed by atoms with Crippen LogP contribution in [0.5, 0.6) is 0 Å². The van der Waals surface area contributed by atoms with E-state index in [9.17, 15) is 9.59 Å². The second-order valence-corrected chi connectivity index (χ2v) is 6.15. The zero-order valence-electron chi connectivity index (χ0n) is 15.9. The molecule has 0 bridgehead atoms. The van der Waals surface area contributed by atoms with Crippen LogP contribution in [0, 0.1) is 5.92 Å². The fourth-order valence-electron chi connectivity index (χ4n) is 2.73. The van der Waals surface area contributed by atoms with E-state index in [1.807, 2.05) is 0 Å². The van der Waals surface area contributed by atoms with Gasteiger partial charge in [0.15, 0.2) is 0 Å². The van der Waals surface area contributed by atoms with Crippen molar-refractivity contribution in [3.8, 4) is 0 Å². The molecule has 0 radical (unpaired) electrons. The van der Waals surface area contributed by atoms with Gasteiger partial charge in [0.1, 0.15) is 0 Å². The molecule has 0 spiro atoms. The van der Waals surface area contributed by atoms with Crippen molar-refractivity contribution in [2.75, 3.05) is 39.8 Å². The summed E-state index contributed by atoms with van der Waals surface area (Å²) in [6.07, 6.45) is 5.12. The van der Waals surface area contributed by atoms with E-state index in [-0.39, 0.29) is 17.8 Å². The molecule has 1 unspecified atom stereocenters. The van der Waals surface area contributed by atoms with Gasteiger partial charge in [-0.3, -0.25) is 14.6 Å². The summed E-state index contributed by atoms with van der Waals surface area (Å²) < 4.78 is 4.79. The highest BCUT2D eigenvalue weighted by atomic mass is 16.5. The van der Waals surface area contributed by atoms with Crippen LogP contribution >= 0.6 is 0 Å². The van der Waals surface area contributed by atoms with Crippen molar-refractivity contribution in [2.45, 2.75) is 33.6 Å². The van der Waals surface area contributed by atoms with E-state index in [2.05, 4.69) is 23.7 Å². The Hall–Kier alpha value is -1.95. The Kier molecular flexibility index (Phi) is 9.77. The third kappa shape index (κ3) is 7.22. The highest BCUT2D eigenvalue weighted by Gasteiger charge is 2.22. The number of unbranched alkanes of at least 4 members (excludes halogenated alkanes) is 1. The Morgan fingerprint density at radius 1 is 1.20 bits per heavy atom. The monoisotopic (exact) mass is 349 g/mol. The number of ether oxygens (including phenoxy) is 1. The number of rotatable bonds is 11. The molecular weight excluding hydrogens is 318 g/mol. The van der Waals surface area contributed by atoms with Crippen LogP contribution in [0.4, 0.5) is 0 Å². The molecule has 1 rings (SSSR count). The Morgan fingerprint density at radius 2 is 1.88 bits per heavy atom. The summed E-state index contributed by atoms with van der Waals surface area (Å²) in [7, 11) is 1.37. The molecule has 0 aromatic carbocycles. The summed E-state index contributed by atoms with van der Waals surface area (Å²) in [6.45, 7) is 10.2. The maximum atomic E-state index is 12.8. The van der Waals surface area contributed by atoms with Gasteiger partial charge < -0.3 is 14.5 Å². The van der Waals surface area contributed by atoms with Crippen molar-refractivity contribution < 1.29 is 14.3 Å². The van der Waals surface area contributed by atoms with Gasteiger partial charge in [0, 0.05) is 25.5 Å². The lowest BCUT2D eigenvalue weighted by Crippen LogP contribution is -2.38. The average molecular weight is 349 g/mol. The van der Waals surface area contributed by atoms with Gasteiger partial charge >= 0.3 is 5.97 Å². The molecule has 0 saturated carbocycles. The van der Waals surface area contributed by atoms with Crippen LogP contribution in [0.25, 0.3) is 0 Å². The minimum absolute atomic E-state index is 0.0910. The number of nitrogens with zero attached hydrogens (tertiary/aromatic N) is 3. The Bertz CT molecular complexity index is 518.